The van der Waals surface area contributed by atoms with Gasteiger partial charge in [-0.1, -0.05) is 24.8 Å². The second-order valence-corrected chi connectivity index (χ2v) is 2.58. The highest BCUT2D eigenvalue weighted by Crippen LogP contribution is 2.11. The highest BCUT2D eigenvalue weighted by molar-refractivity contribution is 6.00. The molecule has 0 fully saturated rings. The Morgan fingerprint density at radius 3 is 2.14 bits per heavy atom. The van der Waals surface area contributed by atoms with E-state index < -0.39 is 23.1 Å². The fraction of sp³-hybridized carbons (Fsp3) is 0. The molecule has 1 rings (SSSR count). The zero-order valence-corrected chi connectivity index (χ0v) is 7.15. The zero-order chi connectivity index (χ0) is 10.7. The Bertz CT molecular complexity index is 407. The van der Waals surface area contributed by atoms with Crippen LogP contribution in [0.25, 0.3) is 6.08 Å². The Hall–Kier alpha value is -2.10. The molecule has 0 saturated carbocycles. The van der Waals surface area contributed by atoms with E-state index in [4.69, 9.17) is 0 Å². The Labute approximate surface area is 80.1 Å². The molecule has 14 heavy (non-hydrogen) atoms. The van der Waals surface area contributed by atoms with Gasteiger partial charge in [0.25, 0.3) is 0 Å². The number of benzene rings is 1. The van der Waals surface area contributed by atoms with E-state index in [1.165, 1.54) is 18.2 Å². The molecule has 0 amide bonds. The molecule has 1 aromatic carbocycles. The Kier molecular flexibility index (Phi) is 2.67. The summed E-state index contributed by atoms with van der Waals surface area (Å²) >= 11 is 0. The van der Waals surface area contributed by atoms with Gasteiger partial charge in [-0.2, -0.15) is 0 Å². The van der Waals surface area contributed by atoms with E-state index in [1.807, 2.05) is 0 Å². The Morgan fingerprint density at radius 2 is 1.71 bits per heavy atom. The van der Waals surface area contributed by atoms with E-state index in [0.29, 0.717) is 5.56 Å². The monoisotopic (exact) mass is 190 g/mol. The van der Waals surface area contributed by atoms with E-state index in [2.05, 4.69) is 6.58 Å². The summed E-state index contributed by atoms with van der Waals surface area (Å²) in [6.45, 7) is 3.43. The zero-order valence-electron chi connectivity index (χ0n) is 7.15. The summed E-state index contributed by atoms with van der Waals surface area (Å²) in [6, 6.07) is 3.76. The normalized spacial score (nSPS) is 9.43. The minimum Gasteiger partial charge on any atom is -0.545 e. The van der Waals surface area contributed by atoms with Crippen LogP contribution in [0.1, 0.15) is 26.3 Å². The van der Waals surface area contributed by atoms with Gasteiger partial charge in [-0.25, -0.2) is 0 Å². The highest BCUT2D eigenvalue weighted by Gasteiger charge is 2.04. The van der Waals surface area contributed by atoms with Crippen LogP contribution >= 0.6 is 0 Å². The third kappa shape index (κ3) is 1.80. The smallest absolute Gasteiger partial charge is 0.0722 e. The number of carboxylic acid groups (broad SMARTS) is 2. The van der Waals surface area contributed by atoms with Crippen LogP contribution in [-0.4, -0.2) is 11.9 Å². The van der Waals surface area contributed by atoms with Gasteiger partial charge in [0.05, 0.1) is 11.9 Å². The largest absolute Gasteiger partial charge is 0.545 e. The molecular weight excluding hydrogens is 184 g/mol. The first-order valence-corrected chi connectivity index (χ1v) is 3.75. The predicted octanol–water partition coefficient (Wildman–Crippen LogP) is -0.943. The van der Waals surface area contributed by atoms with Gasteiger partial charge >= 0.3 is 0 Å². The van der Waals surface area contributed by atoms with E-state index in [1.54, 1.807) is 0 Å². The number of hydrogen-bond acceptors (Lipinski definition) is 4. The topological polar surface area (TPSA) is 80.3 Å². The van der Waals surface area contributed by atoms with Crippen molar-refractivity contribution in [1.29, 1.82) is 0 Å². The van der Waals surface area contributed by atoms with Crippen LogP contribution in [0, 0.1) is 0 Å². The van der Waals surface area contributed by atoms with Crippen molar-refractivity contribution in [3.63, 3.8) is 0 Å². The fourth-order valence-electron chi connectivity index (χ4n) is 1.04. The molecule has 0 unspecified atom stereocenters. The van der Waals surface area contributed by atoms with Crippen LogP contribution < -0.4 is 10.2 Å². The van der Waals surface area contributed by atoms with Gasteiger partial charge in [0.15, 0.2) is 0 Å². The average molecular weight is 190 g/mol. The van der Waals surface area contributed by atoms with Gasteiger partial charge in [-0.05, 0) is 11.6 Å². The number of carboxylic acids is 2. The molecule has 0 saturated heterocycles. The van der Waals surface area contributed by atoms with Gasteiger partial charge < -0.3 is 19.8 Å². The molecule has 0 bridgehead atoms. The van der Waals surface area contributed by atoms with E-state index in [-0.39, 0.29) is 0 Å². The molecule has 72 valence electrons. The first-order valence-electron chi connectivity index (χ1n) is 3.75. The average Bonchev–Trinajstić information content (AvgIpc) is 2.16. The molecule has 0 atom stereocenters. The quantitative estimate of drug-likeness (QED) is 0.615. The van der Waals surface area contributed by atoms with Gasteiger partial charge in [-0.15, -0.1) is 0 Å². The number of aromatic carboxylic acids is 2. The van der Waals surface area contributed by atoms with Crippen molar-refractivity contribution >= 4 is 18.0 Å². The van der Waals surface area contributed by atoms with Crippen molar-refractivity contribution in [1.82, 2.24) is 0 Å². The van der Waals surface area contributed by atoms with E-state index in [9.17, 15) is 19.8 Å². The molecule has 1 aromatic rings. The van der Waals surface area contributed by atoms with Gasteiger partial charge in [-0.3, -0.25) is 0 Å². The Balaban J connectivity index is 3.38. The van der Waals surface area contributed by atoms with Crippen LogP contribution in [0.2, 0.25) is 0 Å². The van der Waals surface area contributed by atoms with Gasteiger partial charge in [0, 0.05) is 11.1 Å². The molecule has 0 aliphatic carbocycles. The van der Waals surface area contributed by atoms with Crippen molar-refractivity contribution in [2.75, 3.05) is 0 Å². The Morgan fingerprint density at radius 1 is 1.14 bits per heavy atom. The van der Waals surface area contributed by atoms with Crippen LogP contribution in [-0.2, 0) is 0 Å². The lowest BCUT2D eigenvalue weighted by molar-refractivity contribution is -0.259. The van der Waals surface area contributed by atoms with Crippen LogP contribution in [0.15, 0.2) is 24.8 Å². The summed E-state index contributed by atoms with van der Waals surface area (Å²) in [5, 5.41) is 21.1. The maximum atomic E-state index is 10.6. The first-order chi connectivity index (χ1) is 6.56. The fourth-order valence-corrected chi connectivity index (χ4v) is 1.04. The number of carbonyl (C=O) groups is 2. The lowest BCUT2D eigenvalue weighted by Crippen LogP contribution is -2.30. The van der Waals surface area contributed by atoms with Crippen LogP contribution in [0.4, 0.5) is 0 Å². The van der Waals surface area contributed by atoms with Crippen LogP contribution in [0.3, 0.4) is 0 Å². The third-order valence-corrected chi connectivity index (χ3v) is 1.72. The number of hydrogen-bond donors (Lipinski definition) is 0. The first kappa shape index (κ1) is 9.98. The third-order valence-electron chi connectivity index (χ3n) is 1.72. The lowest BCUT2D eigenvalue weighted by atomic mass is 10.0. The summed E-state index contributed by atoms with van der Waals surface area (Å²) in [7, 11) is 0. The molecule has 0 aromatic heterocycles. The summed E-state index contributed by atoms with van der Waals surface area (Å²) in [4.78, 5) is 21.1. The molecule has 0 spiro atoms. The molecule has 0 aliphatic rings. The summed E-state index contributed by atoms with van der Waals surface area (Å²) in [5.74, 6) is -3.09. The molecule has 0 aliphatic heterocycles. The maximum absolute atomic E-state index is 10.6. The second kappa shape index (κ2) is 3.74. The van der Waals surface area contributed by atoms with Crippen LogP contribution in [0.5, 0.6) is 0 Å². The van der Waals surface area contributed by atoms with Crippen molar-refractivity contribution in [3.8, 4) is 0 Å². The standard InChI is InChI=1S/C10H8O4/c1-2-6-3-4-7(9(11)12)8(5-6)10(13)14/h2-5H,1H2,(H,11,12)(H,13,14)/p-2. The minimum atomic E-state index is -1.55. The summed E-state index contributed by atoms with van der Waals surface area (Å²) in [6.07, 6.45) is 1.41. The van der Waals surface area contributed by atoms with E-state index in [0.717, 1.165) is 6.07 Å². The van der Waals surface area contributed by atoms with Crippen molar-refractivity contribution in [3.05, 3.63) is 41.5 Å². The molecule has 4 heteroatoms. The summed E-state index contributed by atoms with van der Waals surface area (Å²) < 4.78 is 0. The molecule has 0 N–H and O–H groups in total. The minimum absolute atomic E-state index is 0.393. The van der Waals surface area contributed by atoms with Crippen molar-refractivity contribution in [2.24, 2.45) is 0 Å². The lowest BCUT2D eigenvalue weighted by Gasteiger charge is -2.11. The SMILES string of the molecule is C=Cc1ccc(C(=O)[O-])c(C(=O)[O-])c1. The van der Waals surface area contributed by atoms with Gasteiger partial charge in [0.1, 0.15) is 0 Å². The second-order valence-electron chi connectivity index (χ2n) is 2.58. The van der Waals surface area contributed by atoms with Crippen molar-refractivity contribution < 1.29 is 19.8 Å². The number of carbonyl (C=O) groups excluding carboxylic acids is 2. The number of rotatable bonds is 3. The molecule has 0 radical (unpaired) electrons. The van der Waals surface area contributed by atoms with Crippen molar-refractivity contribution in [2.45, 2.75) is 0 Å². The maximum Gasteiger partial charge on any atom is 0.0722 e. The molecule has 0 heterocycles. The highest BCUT2D eigenvalue weighted by atomic mass is 16.4. The van der Waals surface area contributed by atoms with Gasteiger partial charge in [0.2, 0.25) is 0 Å². The molecular formula is C10H6O4-2. The van der Waals surface area contributed by atoms with E-state index >= 15 is 0 Å². The summed E-state index contributed by atoms with van der Waals surface area (Å²) in [5.41, 5.74) is -0.285. The predicted molar refractivity (Wildman–Crippen MR) is 45.2 cm³/mol. The molecule has 4 nitrogen and oxygen atoms in total.